The second-order valence-electron chi connectivity index (χ2n) is 6.98. The standard InChI is InChI=1S/C19H24N2O3S/c1-13-9-14(2)11-21(10-13)18(22)12-24-19(23)8-7-17-20-15-5-3-4-6-16(15)25-17/h3-6,13-14H,7-12H2,1-2H3/t13-,14-/m1/s1. The molecule has 2 heterocycles. The molecule has 134 valence electrons. The molecule has 6 heteroatoms. The number of likely N-dealkylation sites (tertiary alicyclic amines) is 1. The van der Waals surface area contributed by atoms with Crippen LogP contribution in [0.25, 0.3) is 10.2 Å². The van der Waals surface area contributed by atoms with Crippen molar-refractivity contribution in [2.24, 2.45) is 11.8 Å². The molecule has 0 spiro atoms. The predicted molar refractivity (Wildman–Crippen MR) is 98.4 cm³/mol. The van der Waals surface area contributed by atoms with E-state index in [9.17, 15) is 9.59 Å². The molecule has 25 heavy (non-hydrogen) atoms. The number of amides is 1. The maximum Gasteiger partial charge on any atom is 0.306 e. The van der Waals surface area contributed by atoms with E-state index >= 15 is 0 Å². The van der Waals surface area contributed by atoms with Crippen molar-refractivity contribution in [1.82, 2.24) is 9.88 Å². The Kier molecular flexibility index (Phi) is 5.68. The Morgan fingerprint density at radius 1 is 1.24 bits per heavy atom. The molecule has 1 amide bonds. The average molecular weight is 360 g/mol. The lowest BCUT2D eigenvalue weighted by atomic mass is 9.92. The van der Waals surface area contributed by atoms with Crippen molar-refractivity contribution < 1.29 is 14.3 Å². The molecule has 3 rings (SSSR count). The second-order valence-corrected chi connectivity index (χ2v) is 8.10. The summed E-state index contributed by atoms with van der Waals surface area (Å²) in [7, 11) is 0. The molecular formula is C19H24N2O3S. The molecule has 0 saturated carbocycles. The van der Waals surface area contributed by atoms with E-state index in [1.807, 2.05) is 29.2 Å². The van der Waals surface area contributed by atoms with E-state index in [2.05, 4.69) is 18.8 Å². The van der Waals surface area contributed by atoms with Gasteiger partial charge in [0.25, 0.3) is 5.91 Å². The summed E-state index contributed by atoms with van der Waals surface area (Å²) < 4.78 is 6.29. The SMILES string of the molecule is C[C@@H]1C[C@@H](C)CN(C(=O)COC(=O)CCc2nc3ccccc3s2)C1. The molecule has 5 nitrogen and oxygen atoms in total. The van der Waals surface area contributed by atoms with E-state index in [1.165, 1.54) is 0 Å². The van der Waals surface area contributed by atoms with Gasteiger partial charge in [-0.25, -0.2) is 4.98 Å². The number of carbonyl (C=O) groups is 2. The Bertz CT molecular complexity index is 715. The number of para-hydroxylation sites is 1. The fraction of sp³-hybridized carbons (Fsp3) is 0.526. The number of carbonyl (C=O) groups excluding carboxylic acids is 2. The maximum absolute atomic E-state index is 12.2. The molecule has 2 atom stereocenters. The maximum atomic E-state index is 12.2. The number of fused-ring (bicyclic) bond motifs is 1. The first-order valence-electron chi connectivity index (χ1n) is 8.79. The van der Waals surface area contributed by atoms with Crippen molar-refractivity contribution in [2.75, 3.05) is 19.7 Å². The molecule has 0 N–H and O–H groups in total. The van der Waals surface area contributed by atoms with Gasteiger partial charge in [-0.15, -0.1) is 11.3 Å². The molecule has 1 aromatic carbocycles. The number of aryl methyl sites for hydroxylation is 1. The number of aromatic nitrogens is 1. The van der Waals surface area contributed by atoms with Crippen molar-refractivity contribution in [1.29, 1.82) is 0 Å². The molecule has 1 aromatic heterocycles. The molecule has 0 radical (unpaired) electrons. The minimum Gasteiger partial charge on any atom is -0.456 e. The number of ether oxygens (including phenoxy) is 1. The van der Waals surface area contributed by atoms with Crippen LogP contribution in [0.2, 0.25) is 0 Å². The molecule has 2 aromatic rings. The Morgan fingerprint density at radius 2 is 1.96 bits per heavy atom. The summed E-state index contributed by atoms with van der Waals surface area (Å²) in [5, 5.41) is 0.920. The molecule has 1 aliphatic rings. The first kappa shape index (κ1) is 17.9. The molecule has 1 saturated heterocycles. The van der Waals surface area contributed by atoms with Crippen molar-refractivity contribution >= 4 is 33.4 Å². The van der Waals surface area contributed by atoms with Crippen LogP contribution in [0.15, 0.2) is 24.3 Å². The molecule has 1 fully saturated rings. The van der Waals surface area contributed by atoms with E-state index < -0.39 is 0 Å². The van der Waals surface area contributed by atoms with Gasteiger partial charge in [0.1, 0.15) is 0 Å². The Balaban J connectivity index is 1.44. The summed E-state index contributed by atoms with van der Waals surface area (Å²) in [6.45, 7) is 5.66. The Hall–Kier alpha value is -1.95. The summed E-state index contributed by atoms with van der Waals surface area (Å²) in [4.78, 5) is 30.5. The van der Waals surface area contributed by atoms with Crippen LogP contribution in [0.5, 0.6) is 0 Å². The van der Waals surface area contributed by atoms with Crippen LogP contribution >= 0.6 is 11.3 Å². The zero-order valence-corrected chi connectivity index (χ0v) is 15.6. The van der Waals surface area contributed by atoms with Crippen LogP contribution < -0.4 is 0 Å². The van der Waals surface area contributed by atoms with Crippen LogP contribution in [0.1, 0.15) is 31.7 Å². The molecule has 0 aliphatic carbocycles. The summed E-state index contributed by atoms with van der Waals surface area (Å²) in [5.74, 6) is 0.572. The highest BCUT2D eigenvalue weighted by Gasteiger charge is 2.25. The average Bonchev–Trinajstić information content (AvgIpc) is 3.00. The summed E-state index contributed by atoms with van der Waals surface area (Å²) in [5.41, 5.74) is 0.958. The third-order valence-electron chi connectivity index (χ3n) is 4.46. The van der Waals surface area contributed by atoms with Gasteiger partial charge in [-0.05, 0) is 30.4 Å². The fourth-order valence-electron chi connectivity index (χ4n) is 3.41. The monoisotopic (exact) mass is 360 g/mol. The van der Waals surface area contributed by atoms with Gasteiger partial charge in [0, 0.05) is 19.5 Å². The van der Waals surface area contributed by atoms with Gasteiger partial charge >= 0.3 is 5.97 Å². The van der Waals surface area contributed by atoms with Crippen LogP contribution in [-0.2, 0) is 20.7 Å². The number of benzene rings is 1. The fourth-order valence-corrected chi connectivity index (χ4v) is 4.37. The lowest BCUT2D eigenvalue weighted by Gasteiger charge is -2.34. The zero-order chi connectivity index (χ0) is 17.8. The molecule has 1 aliphatic heterocycles. The van der Waals surface area contributed by atoms with Gasteiger partial charge in [0.05, 0.1) is 21.6 Å². The van der Waals surface area contributed by atoms with Crippen LogP contribution in [0.4, 0.5) is 0 Å². The van der Waals surface area contributed by atoms with Crippen molar-refractivity contribution in [3.05, 3.63) is 29.3 Å². The minimum absolute atomic E-state index is 0.0910. The summed E-state index contributed by atoms with van der Waals surface area (Å²) >= 11 is 1.59. The highest BCUT2D eigenvalue weighted by Crippen LogP contribution is 2.23. The third-order valence-corrected chi connectivity index (χ3v) is 5.56. The topological polar surface area (TPSA) is 59.5 Å². The van der Waals surface area contributed by atoms with Crippen LogP contribution in [0.3, 0.4) is 0 Å². The first-order chi connectivity index (χ1) is 12.0. The summed E-state index contributed by atoms with van der Waals surface area (Å²) in [6, 6.07) is 7.92. The Labute approximate surface area is 152 Å². The van der Waals surface area contributed by atoms with E-state index in [1.54, 1.807) is 11.3 Å². The van der Waals surface area contributed by atoms with Gasteiger partial charge in [-0.3, -0.25) is 9.59 Å². The molecular weight excluding hydrogens is 336 g/mol. The predicted octanol–water partition coefficient (Wildman–Crippen LogP) is 3.28. The lowest BCUT2D eigenvalue weighted by molar-refractivity contribution is -0.153. The lowest BCUT2D eigenvalue weighted by Crippen LogP contribution is -2.44. The van der Waals surface area contributed by atoms with Gasteiger partial charge in [0.15, 0.2) is 6.61 Å². The first-order valence-corrected chi connectivity index (χ1v) is 9.60. The minimum atomic E-state index is -0.342. The number of esters is 1. The van der Waals surface area contributed by atoms with Crippen molar-refractivity contribution in [2.45, 2.75) is 33.1 Å². The number of nitrogens with zero attached hydrogens (tertiary/aromatic N) is 2. The number of hydrogen-bond acceptors (Lipinski definition) is 5. The highest BCUT2D eigenvalue weighted by atomic mass is 32.1. The summed E-state index contributed by atoms with van der Waals surface area (Å²) in [6.07, 6.45) is 1.94. The number of rotatable bonds is 5. The van der Waals surface area contributed by atoms with Crippen molar-refractivity contribution in [3.63, 3.8) is 0 Å². The highest BCUT2D eigenvalue weighted by molar-refractivity contribution is 7.18. The smallest absolute Gasteiger partial charge is 0.306 e. The van der Waals surface area contributed by atoms with Crippen molar-refractivity contribution in [3.8, 4) is 0 Å². The number of piperidine rings is 1. The van der Waals surface area contributed by atoms with E-state index in [-0.39, 0.29) is 24.9 Å². The number of thiazole rings is 1. The van der Waals surface area contributed by atoms with Crippen LogP contribution in [0, 0.1) is 11.8 Å². The second kappa shape index (κ2) is 7.95. The van der Waals surface area contributed by atoms with Crippen LogP contribution in [-0.4, -0.2) is 41.5 Å². The quantitative estimate of drug-likeness (QED) is 0.768. The molecule has 0 unspecified atom stereocenters. The molecule has 0 bridgehead atoms. The largest absolute Gasteiger partial charge is 0.456 e. The van der Waals surface area contributed by atoms with Gasteiger partial charge in [0.2, 0.25) is 0 Å². The zero-order valence-electron chi connectivity index (χ0n) is 14.7. The Morgan fingerprint density at radius 3 is 2.68 bits per heavy atom. The van der Waals surface area contributed by atoms with Gasteiger partial charge in [-0.2, -0.15) is 0 Å². The van der Waals surface area contributed by atoms with Gasteiger partial charge in [-0.1, -0.05) is 26.0 Å². The third kappa shape index (κ3) is 4.78. The van der Waals surface area contributed by atoms with E-state index in [0.29, 0.717) is 18.3 Å². The normalized spacial score (nSPS) is 20.6. The number of hydrogen-bond donors (Lipinski definition) is 0. The van der Waals surface area contributed by atoms with Gasteiger partial charge < -0.3 is 9.64 Å². The van der Waals surface area contributed by atoms with E-state index in [4.69, 9.17) is 4.74 Å². The van der Waals surface area contributed by atoms with E-state index in [0.717, 1.165) is 34.7 Å².